The summed E-state index contributed by atoms with van der Waals surface area (Å²) in [7, 11) is 0. The van der Waals surface area contributed by atoms with Crippen LogP contribution in [0.3, 0.4) is 0 Å². The fraction of sp³-hybridized carbons (Fsp3) is 0.182. The average Bonchev–Trinajstić information content (AvgIpc) is 2.59. The number of aromatic carboxylic acids is 1. The highest BCUT2D eigenvalue weighted by Gasteiger charge is 2.09. The summed E-state index contributed by atoms with van der Waals surface area (Å²) in [6.45, 7) is 2.04. The Morgan fingerprint density at radius 2 is 2.21 bits per heavy atom. The van der Waals surface area contributed by atoms with Crippen LogP contribution in [-0.2, 0) is 6.42 Å². The van der Waals surface area contributed by atoms with Crippen molar-refractivity contribution in [2.45, 2.75) is 13.3 Å². The molecule has 1 aromatic carbocycles. The minimum atomic E-state index is -1.03. The third kappa shape index (κ3) is 1.37. The van der Waals surface area contributed by atoms with Gasteiger partial charge in [0.15, 0.2) is 0 Å². The second kappa shape index (κ2) is 3.18. The predicted octanol–water partition coefficient (Wildman–Crippen LogP) is 2.69. The first kappa shape index (κ1) is 8.81. The summed E-state index contributed by atoms with van der Waals surface area (Å²) in [6.07, 6.45) is 0.916. The highest BCUT2D eigenvalue weighted by atomic mass is 16.4. The lowest BCUT2D eigenvalue weighted by Gasteiger charge is -1.93. The minimum absolute atomic E-state index is 0.00625. The quantitative estimate of drug-likeness (QED) is 0.792. The molecule has 0 aliphatic carbocycles. The van der Waals surface area contributed by atoms with Crippen LogP contribution in [0.1, 0.15) is 23.0 Å². The normalized spacial score (nSPS) is 10.6. The van der Waals surface area contributed by atoms with Crippen LogP contribution in [0.4, 0.5) is 0 Å². The van der Waals surface area contributed by atoms with Crippen LogP contribution in [0.2, 0.25) is 0 Å². The zero-order chi connectivity index (χ0) is 10.1. The number of aryl methyl sites for hydroxylation is 1. The second-order valence-electron chi connectivity index (χ2n) is 3.14. The van der Waals surface area contributed by atoms with Crippen LogP contribution in [-0.4, -0.2) is 11.1 Å². The summed E-state index contributed by atoms with van der Waals surface area (Å²) in [5.41, 5.74) is 1.78. The van der Waals surface area contributed by atoms with E-state index in [4.69, 9.17) is 9.52 Å². The molecule has 0 saturated carbocycles. The molecule has 3 heteroatoms. The number of benzene rings is 1. The largest absolute Gasteiger partial charge is 0.475 e. The molecule has 0 atom stereocenters. The summed E-state index contributed by atoms with van der Waals surface area (Å²) in [5, 5.41) is 9.55. The van der Waals surface area contributed by atoms with E-state index in [0.717, 1.165) is 17.4 Å². The van der Waals surface area contributed by atoms with E-state index in [1.165, 1.54) is 6.07 Å². The highest BCUT2D eigenvalue weighted by molar-refractivity contribution is 5.91. The van der Waals surface area contributed by atoms with Gasteiger partial charge in [0, 0.05) is 5.39 Å². The molecule has 1 heterocycles. The van der Waals surface area contributed by atoms with E-state index in [0.29, 0.717) is 5.58 Å². The molecule has 0 aliphatic rings. The van der Waals surface area contributed by atoms with Gasteiger partial charge in [0.05, 0.1) is 0 Å². The molecule has 2 aromatic rings. The van der Waals surface area contributed by atoms with Crippen LogP contribution in [0, 0.1) is 0 Å². The van der Waals surface area contributed by atoms with Crippen LogP contribution < -0.4 is 0 Å². The first-order chi connectivity index (χ1) is 6.70. The SMILES string of the molecule is CCc1ccc2cc(C(=O)O)oc2c1. The molecule has 0 unspecified atom stereocenters. The Morgan fingerprint density at radius 3 is 2.86 bits per heavy atom. The van der Waals surface area contributed by atoms with Crippen molar-refractivity contribution in [3.05, 3.63) is 35.6 Å². The molecular formula is C11H10O3. The number of fused-ring (bicyclic) bond motifs is 1. The van der Waals surface area contributed by atoms with E-state index in [1.54, 1.807) is 0 Å². The maximum atomic E-state index is 10.6. The van der Waals surface area contributed by atoms with Crippen LogP contribution >= 0.6 is 0 Å². The fourth-order valence-electron chi connectivity index (χ4n) is 1.40. The number of carboxylic acid groups (broad SMARTS) is 1. The molecular weight excluding hydrogens is 180 g/mol. The van der Waals surface area contributed by atoms with Crippen LogP contribution in [0.5, 0.6) is 0 Å². The van der Waals surface area contributed by atoms with Crippen molar-refractivity contribution in [1.82, 2.24) is 0 Å². The third-order valence-corrected chi connectivity index (χ3v) is 2.20. The first-order valence-corrected chi connectivity index (χ1v) is 4.46. The third-order valence-electron chi connectivity index (χ3n) is 2.20. The number of rotatable bonds is 2. The zero-order valence-electron chi connectivity index (χ0n) is 7.78. The molecule has 1 aromatic heterocycles. The Kier molecular flexibility index (Phi) is 2.00. The van der Waals surface area contributed by atoms with Gasteiger partial charge in [0.25, 0.3) is 0 Å². The van der Waals surface area contributed by atoms with Gasteiger partial charge in [-0.15, -0.1) is 0 Å². The lowest BCUT2D eigenvalue weighted by molar-refractivity contribution is 0.0665. The van der Waals surface area contributed by atoms with E-state index in [1.807, 2.05) is 25.1 Å². The van der Waals surface area contributed by atoms with Crippen LogP contribution in [0.15, 0.2) is 28.7 Å². The summed E-state index contributed by atoms with van der Waals surface area (Å²) in [4.78, 5) is 10.6. The number of hydrogen-bond acceptors (Lipinski definition) is 2. The van der Waals surface area contributed by atoms with Gasteiger partial charge in [-0.2, -0.15) is 0 Å². The van der Waals surface area contributed by atoms with E-state index in [-0.39, 0.29) is 5.76 Å². The standard InChI is InChI=1S/C11H10O3/c1-2-7-3-4-8-6-10(11(12)13)14-9(8)5-7/h3-6H,2H2,1H3,(H,12,13). The molecule has 0 bridgehead atoms. The number of carboxylic acids is 1. The summed E-state index contributed by atoms with van der Waals surface area (Å²) < 4.78 is 5.17. The lowest BCUT2D eigenvalue weighted by atomic mass is 10.1. The van der Waals surface area contributed by atoms with Crippen molar-refractivity contribution >= 4 is 16.9 Å². The first-order valence-electron chi connectivity index (χ1n) is 4.46. The Balaban J connectivity index is 2.60. The Labute approximate surface area is 81.0 Å². The summed E-state index contributed by atoms with van der Waals surface area (Å²) >= 11 is 0. The molecule has 0 fully saturated rings. The van der Waals surface area contributed by atoms with Gasteiger partial charge >= 0.3 is 5.97 Å². The van der Waals surface area contributed by atoms with Crippen molar-refractivity contribution < 1.29 is 14.3 Å². The molecule has 14 heavy (non-hydrogen) atoms. The van der Waals surface area contributed by atoms with E-state index in [9.17, 15) is 4.79 Å². The molecule has 0 saturated heterocycles. The van der Waals surface area contributed by atoms with Crippen molar-refractivity contribution in [1.29, 1.82) is 0 Å². The minimum Gasteiger partial charge on any atom is -0.475 e. The van der Waals surface area contributed by atoms with Gasteiger partial charge in [-0.05, 0) is 24.1 Å². The molecule has 0 amide bonds. The maximum Gasteiger partial charge on any atom is 0.371 e. The molecule has 1 N–H and O–H groups in total. The molecule has 0 aliphatic heterocycles. The zero-order valence-corrected chi connectivity index (χ0v) is 7.78. The molecule has 3 nitrogen and oxygen atoms in total. The van der Waals surface area contributed by atoms with Gasteiger partial charge in [-0.25, -0.2) is 4.79 Å². The van der Waals surface area contributed by atoms with Crippen molar-refractivity contribution in [3.63, 3.8) is 0 Å². The Morgan fingerprint density at radius 1 is 1.43 bits per heavy atom. The smallest absolute Gasteiger partial charge is 0.371 e. The maximum absolute atomic E-state index is 10.6. The van der Waals surface area contributed by atoms with E-state index >= 15 is 0 Å². The number of furan rings is 1. The monoisotopic (exact) mass is 190 g/mol. The second-order valence-corrected chi connectivity index (χ2v) is 3.14. The van der Waals surface area contributed by atoms with Gasteiger partial charge in [0.1, 0.15) is 5.58 Å². The van der Waals surface area contributed by atoms with Gasteiger partial charge in [-0.1, -0.05) is 19.1 Å². The summed E-state index contributed by atoms with van der Waals surface area (Å²) in [5.74, 6) is -1.03. The Bertz CT molecular complexity index is 482. The topological polar surface area (TPSA) is 50.4 Å². The molecule has 0 radical (unpaired) electrons. The lowest BCUT2D eigenvalue weighted by Crippen LogP contribution is -1.91. The van der Waals surface area contributed by atoms with E-state index in [2.05, 4.69) is 0 Å². The van der Waals surface area contributed by atoms with Gasteiger partial charge in [-0.3, -0.25) is 0 Å². The van der Waals surface area contributed by atoms with Crippen molar-refractivity contribution in [3.8, 4) is 0 Å². The number of carbonyl (C=O) groups is 1. The molecule has 72 valence electrons. The van der Waals surface area contributed by atoms with Gasteiger partial charge < -0.3 is 9.52 Å². The number of hydrogen-bond donors (Lipinski definition) is 1. The molecule has 2 rings (SSSR count). The van der Waals surface area contributed by atoms with Crippen LogP contribution in [0.25, 0.3) is 11.0 Å². The molecule has 0 spiro atoms. The average molecular weight is 190 g/mol. The van der Waals surface area contributed by atoms with Crippen molar-refractivity contribution in [2.75, 3.05) is 0 Å². The Hall–Kier alpha value is -1.77. The predicted molar refractivity (Wildman–Crippen MR) is 52.6 cm³/mol. The van der Waals surface area contributed by atoms with E-state index < -0.39 is 5.97 Å². The summed E-state index contributed by atoms with van der Waals surface area (Å²) in [6, 6.07) is 7.27. The highest BCUT2D eigenvalue weighted by Crippen LogP contribution is 2.20. The van der Waals surface area contributed by atoms with Crippen molar-refractivity contribution in [2.24, 2.45) is 0 Å². The van der Waals surface area contributed by atoms with Gasteiger partial charge in [0.2, 0.25) is 5.76 Å². The fourth-order valence-corrected chi connectivity index (χ4v) is 1.40.